The number of aromatic nitrogens is 1. The molecule has 2 heterocycles. The Labute approximate surface area is 134 Å². The van der Waals surface area contributed by atoms with Crippen LogP contribution in [-0.2, 0) is 0 Å². The third kappa shape index (κ3) is 2.61. The minimum Gasteiger partial charge on any atom is -0.334 e. The Kier molecular flexibility index (Phi) is 3.37. The second-order valence-electron chi connectivity index (χ2n) is 6.23. The van der Waals surface area contributed by atoms with Crippen molar-refractivity contribution in [3.8, 4) is 0 Å². The number of anilines is 2. The van der Waals surface area contributed by atoms with E-state index in [9.17, 15) is 4.79 Å². The van der Waals surface area contributed by atoms with Crippen molar-refractivity contribution in [3.05, 3.63) is 40.9 Å². The molecule has 4 rings (SSSR count). The van der Waals surface area contributed by atoms with Gasteiger partial charge in [0.25, 0.3) is 5.91 Å². The van der Waals surface area contributed by atoms with Crippen LogP contribution in [0.15, 0.2) is 29.6 Å². The second-order valence-corrected chi connectivity index (χ2v) is 7.09. The van der Waals surface area contributed by atoms with Gasteiger partial charge in [-0.05, 0) is 44.2 Å². The maximum Gasteiger partial charge on any atom is 0.273 e. The highest BCUT2D eigenvalue weighted by atomic mass is 32.1. The molecule has 1 aliphatic carbocycles. The van der Waals surface area contributed by atoms with E-state index in [0.717, 1.165) is 29.7 Å². The molecule has 4 nitrogen and oxygen atoms in total. The number of aryl methyl sites for hydroxylation is 1. The number of likely N-dealkylation sites (tertiary alicyclic amines) is 1. The van der Waals surface area contributed by atoms with Crippen molar-refractivity contribution >= 4 is 28.1 Å². The number of rotatable bonds is 3. The van der Waals surface area contributed by atoms with Gasteiger partial charge in [-0.25, -0.2) is 4.98 Å². The largest absolute Gasteiger partial charge is 0.334 e. The van der Waals surface area contributed by atoms with Gasteiger partial charge in [0.2, 0.25) is 0 Å². The van der Waals surface area contributed by atoms with Crippen LogP contribution in [0.1, 0.15) is 35.3 Å². The summed E-state index contributed by atoms with van der Waals surface area (Å²) in [5.41, 5.74) is 2.80. The number of piperidine rings is 1. The normalized spacial score (nSPS) is 23.0. The Morgan fingerprint density at radius 3 is 3.00 bits per heavy atom. The maximum absolute atomic E-state index is 12.6. The molecule has 1 aromatic carbocycles. The summed E-state index contributed by atoms with van der Waals surface area (Å²) in [7, 11) is 0. The highest BCUT2D eigenvalue weighted by Gasteiger charge is 2.46. The third-order valence-electron chi connectivity index (χ3n) is 4.55. The zero-order valence-corrected chi connectivity index (χ0v) is 13.4. The van der Waals surface area contributed by atoms with Gasteiger partial charge in [0, 0.05) is 23.7 Å². The molecule has 2 aliphatic rings. The zero-order valence-electron chi connectivity index (χ0n) is 12.6. The van der Waals surface area contributed by atoms with Crippen molar-refractivity contribution in [1.29, 1.82) is 0 Å². The van der Waals surface area contributed by atoms with Crippen LogP contribution in [0.2, 0.25) is 0 Å². The van der Waals surface area contributed by atoms with Crippen LogP contribution >= 0.6 is 11.3 Å². The fraction of sp³-hybridized carbons (Fsp3) is 0.412. The summed E-state index contributed by atoms with van der Waals surface area (Å²) in [5.74, 6) is 0.849. The highest BCUT2D eigenvalue weighted by molar-refractivity contribution is 7.14. The lowest BCUT2D eigenvalue weighted by atomic mass is 10.1. The number of hydrogen-bond donors (Lipinski definition) is 1. The number of nitrogens with zero attached hydrogens (tertiary/aromatic N) is 2. The van der Waals surface area contributed by atoms with Crippen LogP contribution < -0.4 is 5.32 Å². The van der Waals surface area contributed by atoms with Crippen LogP contribution in [0.25, 0.3) is 0 Å². The van der Waals surface area contributed by atoms with Gasteiger partial charge in [-0.2, -0.15) is 0 Å². The van der Waals surface area contributed by atoms with Crippen molar-refractivity contribution in [2.45, 2.75) is 32.2 Å². The van der Waals surface area contributed by atoms with Crippen LogP contribution in [0.3, 0.4) is 0 Å². The molecule has 0 bridgehead atoms. The molecule has 0 radical (unpaired) electrons. The molecular formula is C17H19N3OS. The average Bonchev–Trinajstić information content (AvgIpc) is 3.19. The molecule has 5 heteroatoms. The molecule has 2 atom stereocenters. The van der Waals surface area contributed by atoms with E-state index < -0.39 is 0 Å². The Bertz CT molecular complexity index is 694. The van der Waals surface area contributed by atoms with E-state index in [1.807, 2.05) is 22.4 Å². The van der Waals surface area contributed by atoms with Crippen molar-refractivity contribution in [1.82, 2.24) is 9.88 Å². The first-order valence-electron chi connectivity index (χ1n) is 7.81. The summed E-state index contributed by atoms with van der Waals surface area (Å²) in [6.45, 7) is 2.95. The summed E-state index contributed by atoms with van der Waals surface area (Å²) < 4.78 is 0. The summed E-state index contributed by atoms with van der Waals surface area (Å²) in [6, 6.07) is 8.65. The molecule has 22 heavy (non-hydrogen) atoms. The van der Waals surface area contributed by atoms with Crippen LogP contribution in [0.4, 0.5) is 10.8 Å². The summed E-state index contributed by atoms with van der Waals surface area (Å²) in [4.78, 5) is 19.1. The number of hydrogen-bond acceptors (Lipinski definition) is 4. The van der Waals surface area contributed by atoms with Gasteiger partial charge in [0.1, 0.15) is 5.69 Å². The van der Waals surface area contributed by atoms with Gasteiger partial charge >= 0.3 is 0 Å². The van der Waals surface area contributed by atoms with E-state index in [4.69, 9.17) is 0 Å². The summed E-state index contributed by atoms with van der Waals surface area (Å²) in [6.07, 6.45) is 3.60. The summed E-state index contributed by atoms with van der Waals surface area (Å²) >= 11 is 1.49. The highest BCUT2D eigenvalue weighted by Crippen LogP contribution is 2.43. The van der Waals surface area contributed by atoms with Gasteiger partial charge < -0.3 is 10.2 Å². The lowest BCUT2D eigenvalue weighted by molar-refractivity contribution is 0.0701. The molecule has 0 spiro atoms. The molecule has 114 valence electrons. The van der Waals surface area contributed by atoms with Crippen molar-refractivity contribution in [2.24, 2.45) is 5.92 Å². The lowest BCUT2D eigenvalue weighted by Gasteiger charge is -2.25. The molecule has 1 aromatic heterocycles. The monoisotopic (exact) mass is 313 g/mol. The smallest absolute Gasteiger partial charge is 0.273 e. The quantitative estimate of drug-likeness (QED) is 0.937. The number of nitrogens with one attached hydrogen (secondary N) is 1. The topological polar surface area (TPSA) is 45.2 Å². The van der Waals surface area contributed by atoms with Crippen molar-refractivity contribution in [3.63, 3.8) is 0 Å². The van der Waals surface area contributed by atoms with E-state index in [-0.39, 0.29) is 5.91 Å². The first kappa shape index (κ1) is 13.8. The number of fused-ring (bicyclic) bond motifs is 1. The minimum absolute atomic E-state index is 0.0976. The molecular weight excluding hydrogens is 294 g/mol. The lowest BCUT2D eigenvalue weighted by Crippen LogP contribution is -2.37. The van der Waals surface area contributed by atoms with E-state index in [0.29, 0.717) is 11.7 Å². The van der Waals surface area contributed by atoms with E-state index in [1.54, 1.807) is 0 Å². The van der Waals surface area contributed by atoms with Gasteiger partial charge in [-0.3, -0.25) is 4.79 Å². The van der Waals surface area contributed by atoms with E-state index in [1.165, 1.54) is 29.7 Å². The van der Waals surface area contributed by atoms with Gasteiger partial charge in [-0.1, -0.05) is 17.7 Å². The number of thiazole rings is 1. The Morgan fingerprint density at radius 2 is 2.18 bits per heavy atom. The fourth-order valence-corrected chi connectivity index (χ4v) is 3.91. The molecule has 1 saturated heterocycles. The maximum atomic E-state index is 12.6. The number of benzene rings is 1. The van der Waals surface area contributed by atoms with Gasteiger partial charge in [0.15, 0.2) is 5.13 Å². The number of carbonyl (C=O) groups is 1. The number of amides is 1. The van der Waals surface area contributed by atoms with Gasteiger partial charge in [0.05, 0.1) is 0 Å². The Morgan fingerprint density at radius 1 is 1.36 bits per heavy atom. The first-order valence-corrected chi connectivity index (χ1v) is 8.69. The van der Waals surface area contributed by atoms with Crippen molar-refractivity contribution in [2.75, 3.05) is 11.9 Å². The SMILES string of the molecule is Cc1ccc(Nc2nc(C(=O)N3CCCC4CC43)cs2)cc1. The standard InChI is InChI=1S/C17H19N3OS/c1-11-4-6-13(7-5-11)18-17-19-14(10-22-17)16(21)20-8-2-3-12-9-15(12)20/h4-7,10,12,15H,2-3,8-9H2,1H3,(H,18,19). The van der Waals surface area contributed by atoms with Crippen molar-refractivity contribution < 1.29 is 4.79 Å². The Hall–Kier alpha value is -1.88. The predicted octanol–water partition coefficient (Wildman–Crippen LogP) is 3.82. The predicted molar refractivity (Wildman–Crippen MR) is 88.7 cm³/mol. The van der Waals surface area contributed by atoms with Crippen LogP contribution in [-0.4, -0.2) is 28.4 Å². The van der Waals surface area contributed by atoms with Crippen LogP contribution in [0, 0.1) is 12.8 Å². The van der Waals surface area contributed by atoms with Crippen LogP contribution in [0.5, 0.6) is 0 Å². The molecule has 1 aliphatic heterocycles. The number of carbonyl (C=O) groups excluding carboxylic acids is 1. The third-order valence-corrected chi connectivity index (χ3v) is 5.30. The molecule has 2 unspecified atom stereocenters. The molecule has 2 fully saturated rings. The molecule has 1 amide bonds. The molecule has 1 saturated carbocycles. The first-order chi connectivity index (χ1) is 10.7. The minimum atomic E-state index is 0.0976. The van der Waals surface area contributed by atoms with E-state index >= 15 is 0 Å². The molecule has 2 aromatic rings. The second kappa shape index (κ2) is 5.39. The molecule has 1 N–H and O–H groups in total. The average molecular weight is 313 g/mol. The fourth-order valence-electron chi connectivity index (χ4n) is 3.20. The Balaban J connectivity index is 1.46. The zero-order chi connectivity index (χ0) is 15.1. The van der Waals surface area contributed by atoms with E-state index in [2.05, 4.69) is 29.4 Å². The van der Waals surface area contributed by atoms with Gasteiger partial charge in [-0.15, -0.1) is 11.3 Å². The summed E-state index contributed by atoms with van der Waals surface area (Å²) in [5, 5.41) is 5.91.